The second-order valence-corrected chi connectivity index (χ2v) is 9.05. The summed E-state index contributed by atoms with van der Waals surface area (Å²) in [6.07, 6.45) is 6.09. The lowest BCUT2D eigenvalue weighted by Crippen LogP contribution is -2.42. The van der Waals surface area contributed by atoms with Crippen molar-refractivity contribution in [3.63, 3.8) is 0 Å². The highest BCUT2D eigenvalue weighted by Crippen LogP contribution is 2.59. The van der Waals surface area contributed by atoms with Gasteiger partial charge in [0.1, 0.15) is 5.75 Å². The van der Waals surface area contributed by atoms with Crippen molar-refractivity contribution in [2.75, 3.05) is 0 Å². The summed E-state index contributed by atoms with van der Waals surface area (Å²) in [5, 5.41) is 17.9. The first-order valence-corrected chi connectivity index (χ1v) is 10.4. The molecule has 4 unspecified atom stereocenters. The summed E-state index contributed by atoms with van der Waals surface area (Å²) in [5.41, 5.74) is 3.48. The van der Waals surface area contributed by atoms with Gasteiger partial charge >= 0.3 is 10.3 Å². The summed E-state index contributed by atoms with van der Waals surface area (Å²) in [5.74, 6) is 1.93. The van der Waals surface area contributed by atoms with Crippen molar-refractivity contribution >= 4 is 16.0 Å². The Kier molecular flexibility index (Phi) is 3.85. The SMILES string of the molecule is CC12CCC3c4ccc(OS(N)(=O)=O)cc4CCC3C1CC/C2=N\O. The number of benzene rings is 1. The summed E-state index contributed by atoms with van der Waals surface area (Å²) in [6.45, 7) is 2.26. The molecule has 1 aromatic carbocycles. The molecule has 0 saturated heterocycles. The highest BCUT2D eigenvalue weighted by atomic mass is 32.2. The fraction of sp³-hybridized carbons (Fsp3) is 0.611. The van der Waals surface area contributed by atoms with Crippen molar-refractivity contribution < 1.29 is 17.8 Å². The Morgan fingerprint density at radius 2 is 2.08 bits per heavy atom. The van der Waals surface area contributed by atoms with Gasteiger partial charge in [0.05, 0.1) is 5.71 Å². The van der Waals surface area contributed by atoms with E-state index in [4.69, 9.17) is 9.32 Å². The first kappa shape index (κ1) is 16.8. The highest BCUT2D eigenvalue weighted by Gasteiger charge is 2.53. The van der Waals surface area contributed by atoms with E-state index >= 15 is 0 Å². The quantitative estimate of drug-likeness (QED) is 0.622. The lowest BCUT2D eigenvalue weighted by atomic mass is 9.55. The van der Waals surface area contributed by atoms with Gasteiger partial charge < -0.3 is 9.39 Å². The Hall–Kier alpha value is -1.60. The van der Waals surface area contributed by atoms with Gasteiger partial charge in [-0.15, -0.1) is 0 Å². The topological polar surface area (TPSA) is 102 Å². The van der Waals surface area contributed by atoms with E-state index in [-0.39, 0.29) is 11.2 Å². The maximum atomic E-state index is 11.1. The summed E-state index contributed by atoms with van der Waals surface area (Å²) in [6, 6.07) is 5.53. The number of nitrogens with two attached hydrogens (primary N) is 1. The lowest BCUT2D eigenvalue weighted by molar-refractivity contribution is 0.0938. The molecule has 0 bridgehead atoms. The molecule has 2 fully saturated rings. The second kappa shape index (κ2) is 5.71. The van der Waals surface area contributed by atoms with Crippen LogP contribution >= 0.6 is 0 Å². The first-order chi connectivity index (χ1) is 11.8. The monoisotopic (exact) mass is 364 g/mol. The van der Waals surface area contributed by atoms with Crippen molar-refractivity contribution in [2.24, 2.45) is 27.5 Å². The summed E-state index contributed by atoms with van der Waals surface area (Å²) in [4.78, 5) is 0. The van der Waals surface area contributed by atoms with Gasteiger partial charge in [0.2, 0.25) is 0 Å². The van der Waals surface area contributed by atoms with Crippen LogP contribution in [0.25, 0.3) is 0 Å². The molecule has 2 saturated carbocycles. The van der Waals surface area contributed by atoms with Gasteiger partial charge in [0.25, 0.3) is 0 Å². The summed E-state index contributed by atoms with van der Waals surface area (Å²) < 4.78 is 27.1. The molecule has 4 rings (SSSR count). The van der Waals surface area contributed by atoms with E-state index in [1.165, 1.54) is 11.1 Å². The molecular weight excluding hydrogens is 340 g/mol. The third kappa shape index (κ3) is 2.73. The number of hydrogen-bond donors (Lipinski definition) is 2. The van der Waals surface area contributed by atoms with Gasteiger partial charge in [-0.25, -0.2) is 0 Å². The molecule has 6 nitrogen and oxygen atoms in total. The zero-order valence-electron chi connectivity index (χ0n) is 14.3. The lowest BCUT2D eigenvalue weighted by Gasteiger charge is -2.48. The largest absolute Gasteiger partial charge is 0.411 e. The van der Waals surface area contributed by atoms with E-state index in [2.05, 4.69) is 12.1 Å². The zero-order valence-corrected chi connectivity index (χ0v) is 15.1. The van der Waals surface area contributed by atoms with Gasteiger partial charge in [0.15, 0.2) is 0 Å². The number of rotatable bonds is 2. The van der Waals surface area contributed by atoms with Crippen molar-refractivity contribution in [2.45, 2.75) is 51.4 Å². The van der Waals surface area contributed by atoms with E-state index in [0.717, 1.165) is 44.2 Å². The van der Waals surface area contributed by atoms with E-state index in [9.17, 15) is 13.6 Å². The van der Waals surface area contributed by atoms with Crippen molar-refractivity contribution in [1.82, 2.24) is 0 Å². The third-order valence-electron chi connectivity index (χ3n) is 6.77. The Bertz CT molecular complexity index is 835. The number of nitrogens with zero attached hydrogens (tertiary/aromatic N) is 1. The molecule has 4 atom stereocenters. The van der Waals surface area contributed by atoms with Crippen LogP contribution in [-0.4, -0.2) is 19.3 Å². The second-order valence-electron chi connectivity index (χ2n) is 7.89. The summed E-state index contributed by atoms with van der Waals surface area (Å²) >= 11 is 0. The van der Waals surface area contributed by atoms with Crippen LogP contribution in [0.15, 0.2) is 23.4 Å². The first-order valence-electron chi connectivity index (χ1n) is 8.88. The Morgan fingerprint density at radius 3 is 2.80 bits per heavy atom. The number of oxime groups is 1. The molecular formula is C18H24N2O4S. The molecule has 7 heteroatoms. The van der Waals surface area contributed by atoms with Crippen LogP contribution in [0.2, 0.25) is 0 Å². The molecule has 1 aromatic rings. The van der Waals surface area contributed by atoms with Gasteiger partial charge in [0, 0.05) is 5.41 Å². The predicted molar refractivity (Wildman–Crippen MR) is 94.0 cm³/mol. The smallest absolute Gasteiger partial charge is 0.380 e. The number of fused-ring (bicyclic) bond motifs is 5. The van der Waals surface area contributed by atoms with E-state index < -0.39 is 10.3 Å². The van der Waals surface area contributed by atoms with Crippen molar-refractivity contribution in [3.05, 3.63) is 29.3 Å². The maximum Gasteiger partial charge on any atom is 0.380 e. The van der Waals surface area contributed by atoms with Gasteiger partial charge in [-0.3, -0.25) is 0 Å². The molecule has 3 N–H and O–H groups in total. The standard InChI is InChI=1S/C18H24N2O4S/c1-18-9-8-14-13-5-3-12(24-25(19,22)23)10-11(13)2-4-15(14)16(18)6-7-17(18)20-21/h3,5,10,14-16,21H,2,4,6-9H2,1H3,(H2,19,22,23)/b20-17+. The van der Waals surface area contributed by atoms with Crippen molar-refractivity contribution in [3.8, 4) is 5.75 Å². The van der Waals surface area contributed by atoms with Gasteiger partial charge in [-0.1, -0.05) is 18.1 Å². The van der Waals surface area contributed by atoms with Crippen LogP contribution in [0, 0.1) is 17.3 Å². The van der Waals surface area contributed by atoms with Crippen LogP contribution in [0.5, 0.6) is 5.75 Å². The molecule has 0 amide bonds. The average Bonchev–Trinajstić information content (AvgIpc) is 2.89. The van der Waals surface area contributed by atoms with Crippen LogP contribution in [0.3, 0.4) is 0 Å². The molecule has 136 valence electrons. The van der Waals surface area contributed by atoms with E-state index in [0.29, 0.717) is 17.8 Å². The minimum Gasteiger partial charge on any atom is -0.411 e. The predicted octanol–water partition coefficient (Wildman–Crippen LogP) is 2.96. The third-order valence-corrected chi connectivity index (χ3v) is 7.20. The van der Waals surface area contributed by atoms with E-state index in [1.807, 2.05) is 12.1 Å². The maximum absolute atomic E-state index is 11.1. The molecule has 0 spiro atoms. The number of hydrogen-bond acceptors (Lipinski definition) is 5. The molecule has 0 aromatic heterocycles. The Morgan fingerprint density at radius 1 is 1.28 bits per heavy atom. The van der Waals surface area contributed by atoms with Gasteiger partial charge in [-0.05, 0) is 79.5 Å². The van der Waals surface area contributed by atoms with Crippen LogP contribution in [-0.2, 0) is 16.7 Å². The fourth-order valence-corrected chi connectivity index (χ4v) is 6.07. The number of aryl methyl sites for hydroxylation is 1. The van der Waals surface area contributed by atoms with Crippen LogP contribution < -0.4 is 9.32 Å². The Labute approximate surface area is 148 Å². The summed E-state index contributed by atoms with van der Waals surface area (Å²) in [7, 11) is -3.99. The Balaban J connectivity index is 1.64. The average molecular weight is 364 g/mol. The van der Waals surface area contributed by atoms with Crippen LogP contribution in [0.4, 0.5) is 0 Å². The van der Waals surface area contributed by atoms with Crippen molar-refractivity contribution in [1.29, 1.82) is 0 Å². The normalized spacial score (nSPS) is 35.8. The molecule has 25 heavy (non-hydrogen) atoms. The van der Waals surface area contributed by atoms with Gasteiger partial charge in [-0.2, -0.15) is 13.6 Å². The van der Waals surface area contributed by atoms with Crippen LogP contribution in [0.1, 0.15) is 56.1 Å². The highest BCUT2D eigenvalue weighted by molar-refractivity contribution is 7.84. The minimum absolute atomic E-state index is 0.0318. The molecule has 3 aliphatic rings. The molecule has 3 aliphatic carbocycles. The zero-order chi connectivity index (χ0) is 17.8. The van der Waals surface area contributed by atoms with E-state index in [1.54, 1.807) is 6.07 Å². The molecule has 0 radical (unpaired) electrons. The molecule has 0 heterocycles. The minimum atomic E-state index is -3.99. The molecule has 0 aliphatic heterocycles. The fourth-order valence-electron chi connectivity index (χ4n) is 5.70.